The Labute approximate surface area is 219 Å². The predicted octanol–water partition coefficient (Wildman–Crippen LogP) is 6.47. The van der Waals surface area contributed by atoms with Crippen LogP contribution in [0.1, 0.15) is 60.3 Å². The molecule has 35 heavy (non-hydrogen) atoms. The Morgan fingerprint density at radius 3 is 2.83 bits per heavy atom. The van der Waals surface area contributed by atoms with Gasteiger partial charge in [0.1, 0.15) is 5.75 Å². The minimum atomic E-state index is -0.0535. The number of nitrogens with zero attached hydrogens (tertiary/aromatic N) is 2. The van der Waals surface area contributed by atoms with Crippen LogP contribution in [0.15, 0.2) is 34.1 Å². The average molecular weight is 555 g/mol. The molecule has 2 bridgehead atoms. The van der Waals surface area contributed by atoms with Crippen LogP contribution in [0.2, 0.25) is 0 Å². The van der Waals surface area contributed by atoms with Crippen LogP contribution in [0.4, 0.5) is 0 Å². The summed E-state index contributed by atoms with van der Waals surface area (Å²) in [5, 5.41) is 8.21. The SMILES string of the molecule is Cc1ccc(Cn2nc(C(=O)NCC3CCC4CC3C4(C)C)c3c2-c2sc(Br)cc2OCC3)cc1. The molecule has 0 spiro atoms. The highest BCUT2D eigenvalue weighted by Gasteiger charge is 2.54. The molecule has 3 unspecified atom stereocenters. The van der Waals surface area contributed by atoms with Gasteiger partial charge >= 0.3 is 0 Å². The van der Waals surface area contributed by atoms with E-state index in [2.05, 4.69) is 66.3 Å². The van der Waals surface area contributed by atoms with E-state index in [1.807, 2.05) is 10.7 Å². The van der Waals surface area contributed by atoms with Crippen molar-refractivity contribution in [1.29, 1.82) is 0 Å². The van der Waals surface area contributed by atoms with Crippen LogP contribution in [0.25, 0.3) is 10.6 Å². The summed E-state index contributed by atoms with van der Waals surface area (Å²) in [6, 6.07) is 10.5. The van der Waals surface area contributed by atoms with Gasteiger partial charge in [0.05, 0.1) is 27.5 Å². The molecule has 184 valence electrons. The smallest absolute Gasteiger partial charge is 0.272 e. The number of aromatic nitrogens is 2. The molecule has 2 aromatic heterocycles. The largest absolute Gasteiger partial charge is 0.492 e. The van der Waals surface area contributed by atoms with Crippen LogP contribution in [0.5, 0.6) is 5.75 Å². The number of thiophene rings is 1. The van der Waals surface area contributed by atoms with Crippen molar-refractivity contribution in [2.75, 3.05) is 13.2 Å². The quantitative estimate of drug-likeness (QED) is 0.394. The minimum absolute atomic E-state index is 0.0535. The summed E-state index contributed by atoms with van der Waals surface area (Å²) in [4.78, 5) is 14.6. The van der Waals surface area contributed by atoms with Crippen molar-refractivity contribution < 1.29 is 9.53 Å². The van der Waals surface area contributed by atoms with Gasteiger partial charge in [0.15, 0.2) is 5.69 Å². The highest BCUT2D eigenvalue weighted by molar-refractivity contribution is 9.11. The number of fused-ring (bicyclic) bond motifs is 5. The molecule has 1 aliphatic heterocycles. The van der Waals surface area contributed by atoms with Gasteiger partial charge in [-0.15, -0.1) is 11.3 Å². The van der Waals surface area contributed by atoms with Gasteiger partial charge in [0.25, 0.3) is 5.91 Å². The van der Waals surface area contributed by atoms with E-state index in [1.54, 1.807) is 11.3 Å². The van der Waals surface area contributed by atoms with Gasteiger partial charge in [-0.1, -0.05) is 43.7 Å². The zero-order valence-corrected chi connectivity index (χ0v) is 23.0. The molecule has 3 heterocycles. The number of benzene rings is 1. The molecular formula is C28H32BrN3O2S. The van der Waals surface area contributed by atoms with E-state index in [0.717, 1.165) is 44.1 Å². The summed E-state index contributed by atoms with van der Waals surface area (Å²) in [5.41, 5.74) is 5.37. The Hall–Kier alpha value is -2.12. The van der Waals surface area contributed by atoms with Crippen molar-refractivity contribution in [3.05, 3.63) is 56.5 Å². The van der Waals surface area contributed by atoms with Crippen LogP contribution in [0, 0.1) is 30.1 Å². The molecule has 0 radical (unpaired) electrons. The van der Waals surface area contributed by atoms with Crippen LogP contribution in [-0.4, -0.2) is 28.8 Å². The fraction of sp³-hybridized carbons (Fsp3) is 0.500. The lowest BCUT2D eigenvalue weighted by Crippen LogP contribution is -2.54. The lowest BCUT2D eigenvalue weighted by molar-refractivity contribution is -0.103. The maximum atomic E-state index is 13.5. The number of hydrogen-bond donors (Lipinski definition) is 1. The average Bonchev–Trinajstić information content (AvgIpc) is 3.33. The van der Waals surface area contributed by atoms with Crippen molar-refractivity contribution in [3.63, 3.8) is 0 Å². The molecule has 1 amide bonds. The molecule has 5 nitrogen and oxygen atoms in total. The minimum Gasteiger partial charge on any atom is -0.492 e. The van der Waals surface area contributed by atoms with Gasteiger partial charge in [-0.05, 0) is 70.8 Å². The number of carbonyl (C=O) groups excluding carboxylic acids is 1. The van der Waals surface area contributed by atoms with E-state index in [4.69, 9.17) is 9.84 Å². The number of carbonyl (C=O) groups is 1. The van der Waals surface area contributed by atoms with Crippen LogP contribution in [0.3, 0.4) is 0 Å². The summed E-state index contributed by atoms with van der Waals surface area (Å²) in [6.07, 6.45) is 4.50. The zero-order valence-electron chi connectivity index (χ0n) is 20.6. The molecule has 3 atom stereocenters. The fourth-order valence-corrected chi connectivity index (χ4v) is 8.15. The molecule has 3 saturated carbocycles. The molecule has 7 heteroatoms. The number of hydrogen-bond acceptors (Lipinski definition) is 4. The summed E-state index contributed by atoms with van der Waals surface area (Å²) in [7, 11) is 0. The molecule has 3 aromatic rings. The highest BCUT2D eigenvalue weighted by Crippen LogP contribution is 2.61. The van der Waals surface area contributed by atoms with E-state index >= 15 is 0 Å². The fourth-order valence-electron chi connectivity index (χ4n) is 6.55. The number of halogens is 1. The molecule has 3 fully saturated rings. The second kappa shape index (κ2) is 8.77. The lowest BCUT2D eigenvalue weighted by atomic mass is 9.45. The first-order valence-electron chi connectivity index (χ1n) is 12.7. The molecule has 1 aromatic carbocycles. The summed E-state index contributed by atoms with van der Waals surface area (Å²) in [5.74, 6) is 2.96. The van der Waals surface area contributed by atoms with E-state index in [1.165, 1.54) is 30.4 Å². The third-order valence-corrected chi connectivity index (χ3v) is 10.4. The number of aryl methyl sites for hydroxylation is 1. The Bertz CT molecular complexity index is 1270. The normalized spacial score (nSPS) is 23.9. The van der Waals surface area contributed by atoms with Crippen LogP contribution >= 0.6 is 27.3 Å². The Kier molecular flexibility index (Phi) is 5.83. The first-order chi connectivity index (χ1) is 16.8. The third-order valence-electron chi connectivity index (χ3n) is 8.74. The predicted molar refractivity (Wildman–Crippen MR) is 143 cm³/mol. The van der Waals surface area contributed by atoms with Crippen molar-refractivity contribution in [2.45, 2.75) is 53.0 Å². The van der Waals surface area contributed by atoms with E-state index in [-0.39, 0.29) is 5.91 Å². The first-order valence-corrected chi connectivity index (χ1v) is 14.3. The third kappa shape index (κ3) is 4.05. The maximum Gasteiger partial charge on any atom is 0.272 e. The highest BCUT2D eigenvalue weighted by atomic mass is 79.9. The number of amides is 1. The van der Waals surface area contributed by atoms with Crippen LogP contribution in [-0.2, 0) is 13.0 Å². The Morgan fingerprint density at radius 2 is 2.09 bits per heavy atom. The molecule has 7 rings (SSSR count). The van der Waals surface area contributed by atoms with Gasteiger partial charge in [0.2, 0.25) is 0 Å². The van der Waals surface area contributed by atoms with Gasteiger partial charge < -0.3 is 10.1 Å². The van der Waals surface area contributed by atoms with Gasteiger partial charge in [0, 0.05) is 24.6 Å². The Balaban J connectivity index is 1.31. The monoisotopic (exact) mass is 553 g/mol. The molecule has 4 aliphatic rings. The van der Waals surface area contributed by atoms with E-state index in [9.17, 15) is 4.79 Å². The second-order valence-corrected chi connectivity index (χ2v) is 13.5. The number of rotatable bonds is 5. The Morgan fingerprint density at radius 1 is 1.29 bits per heavy atom. The standard InChI is InChI=1S/C28H32BrN3O2S/c1-16-4-6-17(7-5-16)15-32-25-20(10-11-34-22-13-23(29)35-26(22)25)24(31-32)27(33)30-14-18-8-9-19-12-21(18)28(19,2)3/h4-7,13,18-19,21H,8-12,14-15H2,1-3H3,(H,30,33). The molecule has 0 saturated heterocycles. The van der Waals surface area contributed by atoms with Crippen LogP contribution < -0.4 is 10.1 Å². The molecule has 1 N–H and O–H groups in total. The van der Waals surface area contributed by atoms with Gasteiger partial charge in [-0.25, -0.2) is 0 Å². The number of ether oxygens (including phenoxy) is 1. The molecule has 3 aliphatic carbocycles. The van der Waals surface area contributed by atoms with E-state index < -0.39 is 0 Å². The van der Waals surface area contributed by atoms with Crippen molar-refractivity contribution in [1.82, 2.24) is 15.1 Å². The summed E-state index contributed by atoms with van der Waals surface area (Å²) in [6.45, 7) is 8.80. The van der Waals surface area contributed by atoms with Crippen molar-refractivity contribution >= 4 is 33.2 Å². The molecular weight excluding hydrogens is 522 g/mol. The zero-order chi connectivity index (χ0) is 24.3. The van der Waals surface area contributed by atoms with Gasteiger partial charge in [-0.3, -0.25) is 9.48 Å². The number of nitrogens with one attached hydrogen (secondary N) is 1. The first kappa shape index (κ1) is 23.3. The maximum absolute atomic E-state index is 13.5. The van der Waals surface area contributed by atoms with Gasteiger partial charge in [-0.2, -0.15) is 5.10 Å². The lowest BCUT2D eigenvalue weighted by Gasteiger charge is -2.60. The van der Waals surface area contributed by atoms with Crippen molar-refractivity contribution in [2.24, 2.45) is 23.2 Å². The summed E-state index contributed by atoms with van der Waals surface area (Å²) < 4.78 is 9.09. The van der Waals surface area contributed by atoms with E-state index in [0.29, 0.717) is 36.6 Å². The topological polar surface area (TPSA) is 56.2 Å². The summed E-state index contributed by atoms with van der Waals surface area (Å²) >= 11 is 5.26. The van der Waals surface area contributed by atoms with Crippen molar-refractivity contribution in [3.8, 4) is 16.3 Å². The second-order valence-electron chi connectivity index (χ2n) is 11.1.